The molecule has 7 nitrogen and oxygen atoms in total. The molecule has 1 N–H and O–H groups in total. The van der Waals surface area contributed by atoms with Gasteiger partial charge in [-0.1, -0.05) is 41.3 Å². The molecule has 0 saturated carbocycles. The lowest BCUT2D eigenvalue weighted by molar-refractivity contribution is -0.116. The first kappa shape index (κ1) is 18.8. The van der Waals surface area contributed by atoms with Crippen molar-refractivity contribution in [3.63, 3.8) is 0 Å². The van der Waals surface area contributed by atoms with Crippen molar-refractivity contribution < 1.29 is 14.4 Å². The zero-order valence-electron chi connectivity index (χ0n) is 14.5. The summed E-state index contributed by atoms with van der Waals surface area (Å²) >= 11 is 4.54. The number of anilines is 1. The summed E-state index contributed by atoms with van der Waals surface area (Å²) in [5.74, 6) is -0.240. The summed E-state index contributed by atoms with van der Waals surface area (Å²) in [7, 11) is 0. The van der Waals surface area contributed by atoms with Gasteiger partial charge in [0.25, 0.3) is 11.8 Å². The van der Waals surface area contributed by atoms with E-state index in [1.54, 1.807) is 47.4 Å². The monoisotopic (exact) mass is 430 g/mol. The van der Waals surface area contributed by atoms with Crippen LogP contribution in [0, 0.1) is 0 Å². The highest BCUT2D eigenvalue weighted by Crippen LogP contribution is 2.29. The third-order valence-electron chi connectivity index (χ3n) is 4.01. The number of amides is 3. The Morgan fingerprint density at radius 1 is 1.07 bits per heavy atom. The number of benzene rings is 1. The number of thiophene rings is 1. The van der Waals surface area contributed by atoms with E-state index in [-0.39, 0.29) is 30.7 Å². The van der Waals surface area contributed by atoms with Crippen molar-refractivity contribution in [2.24, 2.45) is 0 Å². The van der Waals surface area contributed by atoms with E-state index in [4.69, 9.17) is 0 Å². The van der Waals surface area contributed by atoms with Gasteiger partial charge in [-0.25, -0.2) is 0 Å². The van der Waals surface area contributed by atoms with Gasteiger partial charge in [0.1, 0.15) is 0 Å². The average molecular weight is 431 g/mol. The van der Waals surface area contributed by atoms with Crippen LogP contribution in [0.2, 0.25) is 0 Å². The van der Waals surface area contributed by atoms with Crippen molar-refractivity contribution >= 4 is 57.3 Å². The standard InChI is InChI=1S/C18H14N4O3S3/c23-14(7-8-22-15(24)12-5-1-2-6-13(12)16(22)25)19-17-20-21-18(28-17)27-10-11-4-3-9-26-11/h1-6,9H,7-8,10H2,(H,19,20,23). The van der Waals surface area contributed by atoms with Gasteiger partial charge in [-0.05, 0) is 23.6 Å². The molecule has 0 saturated heterocycles. The first-order chi connectivity index (χ1) is 13.6. The molecule has 0 bridgehead atoms. The second-order valence-corrected chi connectivity index (χ2v) is 9.08. The third-order valence-corrected chi connectivity index (χ3v) is 7.09. The minimum absolute atomic E-state index is 0.00270. The third kappa shape index (κ3) is 3.98. The number of imide groups is 1. The van der Waals surface area contributed by atoms with Crippen LogP contribution < -0.4 is 5.32 Å². The molecule has 0 fully saturated rings. The van der Waals surface area contributed by atoms with Crippen molar-refractivity contribution in [1.29, 1.82) is 0 Å². The summed E-state index contributed by atoms with van der Waals surface area (Å²) in [6, 6.07) is 10.7. The molecule has 3 amide bonds. The van der Waals surface area contributed by atoms with Gasteiger partial charge in [0, 0.05) is 23.6 Å². The SMILES string of the molecule is O=C(CCN1C(=O)c2ccccc2C1=O)Nc1nnc(SCc2cccs2)s1. The average Bonchev–Trinajstić information content (AvgIpc) is 3.42. The minimum Gasteiger partial charge on any atom is -0.300 e. The number of carbonyl (C=O) groups excluding carboxylic acids is 3. The van der Waals surface area contributed by atoms with Gasteiger partial charge < -0.3 is 5.32 Å². The summed E-state index contributed by atoms with van der Waals surface area (Å²) in [5.41, 5.74) is 0.758. The lowest BCUT2D eigenvalue weighted by Gasteiger charge is -2.12. The predicted molar refractivity (Wildman–Crippen MR) is 109 cm³/mol. The summed E-state index contributed by atoms with van der Waals surface area (Å²) in [5, 5.41) is 13.1. The van der Waals surface area contributed by atoms with Gasteiger partial charge in [-0.3, -0.25) is 19.3 Å². The molecular weight excluding hydrogens is 416 g/mol. The smallest absolute Gasteiger partial charge is 0.261 e. The van der Waals surface area contributed by atoms with Crippen LogP contribution in [0.1, 0.15) is 32.0 Å². The first-order valence-corrected chi connectivity index (χ1v) is 11.0. The molecule has 142 valence electrons. The number of carbonyl (C=O) groups is 3. The molecule has 0 atom stereocenters. The second kappa shape index (κ2) is 8.21. The number of thioether (sulfide) groups is 1. The summed E-state index contributed by atoms with van der Waals surface area (Å²) in [6.45, 7) is 0.0248. The molecule has 2 aromatic heterocycles. The largest absolute Gasteiger partial charge is 0.300 e. The van der Waals surface area contributed by atoms with Crippen LogP contribution >= 0.6 is 34.4 Å². The fourth-order valence-electron chi connectivity index (χ4n) is 2.68. The maximum Gasteiger partial charge on any atom is 0.261 e. The van der Waals surface area contributed by atoms with Crippen molar-refractivity contribution in [1.82, 2.24) is 15.1 Å². The van der Waals surface area contributed by atoms with Crippen LogP contribution in [0.5, 0.6) is 0 Å². The Bertz CT molecular complexity index is 997. The van der Waals surface area contributed by atoms with E-state index < -0.39 is 0 Å². The lowest BCUT2D eigenvalue weighted by Crippen LogP contribution is -2.32. The van der Waals surface area contributed by atoms with Crippen LogP contribution in [-0.2, 0) is 10.5 Å². The number of rotatable bonds is 7. The highest BCUT2D eigenvalue weighted by Gasteiger charge is 2.34. The zero-order valence-corrected chi connectivity index (χ0v) is 16.9. The van der Waals surface area contributed by atoms with Gasteiger partial charge in [-0.15, -0.1) is 21.5 Å². The number of hydrogen-bond acceptors (Lipinski definition) is 8. The number of nitrogens with zero attached hydrogens (tertiary/aromatic N) is 3. The fraction of sp³-hybridized carbons (Fsp3) is 0.167. The van der Waals surface area contributed by atoms with Gasteiger partial charge >= 0.3 is 0 Å². The van der Waals surface area contributed by atoms with Crippen molar-refractivity contribution in [3.8, 4) is 0 Å². The van der Waals surface area contributed by atoms with Crippen LogP contribution in [0.25, 0.3) is 0 Å². The van der Waals surface area contributed by atoms with E-state index in [1.807, 2.05) is 11.4 Å². The number of hydrogen-bond donors (Lipinski definition) is 1. The van der Waals surface area contributed by atoms with E-state index in [0.29, 0.717) is 16.3 Å². The highest BCUT2D eigenvalue weighted by molar-refractivity contribution is 8.00. The van der Waals surface area contributed by atoms with E-state index in [0.717, 1.165) is 15.0 Å². The Labute approximate surface area is 172 Å². The molecule has 1 aliphatic rings. The Balaban J connectivity index is 1.28. The highest BCUT2D eigenvalue weighted by atomic mass is 32.2. The molecule has 1 aromatic carbocycles. The van der Waals surface area contributed by atoms with Crippen LogP contribution in [0.3, 0.4) is 0 Å². The van der Waals surface area contributed by atoms with Gasteiger partial charge in [0.15, 0.2) is 4.34 Å². The Hall–Kier alpha value is -2.56. The second-order valence-electron chi connectivity index (χ2n) is 5.85. The predicted octanol–water partition coefficient (Wildman–Crippen LogP) is 3.52. The number of nitrogens with one attached hydrogen (secondary N) is 1. The van der Waals surface area contributed by atoms with Crippen molar-refractivity contribution in [2.45, 2.75) is 16.5 Å². The van der Waals surface area contributed by atoms with E-state index in [9.17, 15) is 14.4 Å². The molecule has 0 unspecified atom stereocenters. The van der Waals surface area contributed by atoms with Gasteiger partial charge in [-0.2, -0.15) is 0 Å². The summed E-state index contributed by atoms with van der Waals surface area (Å²) in [4.78, 5) is 39.1. The van der Waals surface area contributed by atoms with Crippen molar-refractivity contribution in [2.75, 3.05) is 11.9 Å². The molecule has 0 radical (unpaired) electrons. The van der Waals surface area contributed by atoms with Gasteiger partial charge in [0.2, 0.25) is 11.0 Å². The molecule has 1 aliphatic heterocycles. The topological polar surface area (TPSA) is 92.3 Å². The molecule has 10 heteroatoms. The van der Waals surface area contributed by atoms with Crippen LogP contribution in [-0.4, -0.2) is 39.4 Å². The fourth-order valence-corrected chi connectivity index (χ4v) is 5.22. The molecule has 4 rings (SSSR count). The maximum absolute atomic E-state index is 12.3. The van der Waals surface area contributed by atoms with Gasteiger partial charge in [0.05, 0.1) is 11.1 Å². The quantitative estimate of drug-likeness (QED) is 0.350. The van der Waals surface area contributed by atoms with Crippen molar-refractivity contribution in [3.05, 3.63) is 57.8 Å². The summed E-state index contributed by atoms with van der Waals surface area (Å²) < 4.78 is 0.768. The summed E-state index contributed by atoms with van der Waals surface area (Å²) in [6.07, 6.45) is 0.00270. The zero-order chi connectivity index (χ0) is 19.5. The first-order valence-electron chi connectivity index (χ1n) is 8.35. The van der Waals surface area contributed by atoms with E-state index in [2.05, 4.69) is 21.6 Å². The Morgan fingerprint density at radius 2 is 1.82 bits per heavy atom. The molecule has 3 heterocycles. The van der Waals surface area contributed by atoms with Crippen LogP contribution in [0.15, 0.2) is 46.1 Å². The maximum atomic E-state index is 12.3. The van der Waals surface area contributed by atoms with Crippen LogP contribution in [0.4, 0.5) is 5.13 Å². The molecule has 0 aliphatic carbocycles. The minimum atomic E-state index is -0.364. The number of fused-ring (bicyclic) bond motifs is 1. The Kier molecular flexibility index (Phi) is 5.51. The molecule has 0 spiro atoms. The lowest BCUT2D eigenvalue weighted by atomic mass is 10.1. The number of aromatic nitrogens is 2. The molecular formula is C18H14N4O3S3. The van der Waals surface area contributed by atoms with E-state index >= 15 is 0 Å². The molecule has 3 aromatic rings. The van der Waals surface area contributed by atoms with E-state index in [1.165, 1.54) is 16.2 Å². The molecule has 28 heavy (non-hydrogen) atoms. The normalized spacial score (nSPS) is 13.1. The Morgan fingerprint density at radius 3 is 2.50 bits per heavy atom.